The van der Waals surface area contributed by atoms with Crippen molar-refractivity contribution in [2.24, 2.45) is 0 Å². The summed E-state index contributed by atoms with van der Waals surface area (Å²) < 4.78 is 0. The highest BCUT2D eigenvalue weighted by Gasteiger charge is 1.96. The number of hydrogen-bond donors (Lipinski definition) is 0. The predicted octanol–water partition coefficient (Wildman–Crippen LogP) is 4.29. The van der Waals surface area contributed by atoms with Gasteiger partial charge >= 0.3 is 0 Å². The highest BCUT2D eigenvalue weighted by molar-refractivity contribution is 7.99. The van der Waals surface area contributed by atoms with Crippen LogP contribution in [0.2, 0.25) is 5.02 Å². The largest absolute Gasteiger partial charge is 0.0901 e. The second-order valence-corrected chi connectivity index (χ2v) is 4.34. The zero-order valence-corrected chi connectivity index (χ0v) is 8.98. The van der Waals surface area contributed by atoms with E-state index in [0.29, 0.717) is 5.02 Å². The highest BCUT2D eigenvalue weighted by Crippen LogP contribution is 2.28. The molecule has 1 radical (unpaired) electrons. The van der Waals surface area contributed by atoms with Crippen LogP contribution in [0.4, 0.5) is 0 Å². The third-order valence-electron chi connectivity index (χ3n) is 1.72. The molecule has 0 spiro atoms. The molecular formula is C12H8ClS. The third-order valence-corrected chi connectivity index (χ3v) is 2.93. The molecule has 0 bridgehead atoms. The Kier molecular flexibility index (Phi) is 3.12. The Bertz CT molecular complexity index is 412. The lowest BCUT2D eigenvalue weighted by Gasteiger charge is -2.00. The van der Waals surface area contributed by atoms with Gasteiger partial charge in [-0.2, -0.15) is 0 Å². The molecule has 0 aromatic heterocycles. The van der Waals surface area contributed by atoms with Gasteiger partial charge in [-0.15, -0.1) is 0 Å². The molecule has 0 aliphatic heterocycles. The Morgan fingerprint density at radius 1 is 1.00 bits per heavy atom. The minimum atomic E-state index is 0.658. The van der Waals surface area contributed by atoms with Gasteiger partial charge in [0.25, 0.3) is 0 Å². The number of hydrogen-bond acceptors (Lipinski definition) is 1. The van der Waals surface area contributed by atoms with E-state index in [-0.39, 0.29) is 0 Å². The van der Waals surface area contributed by atoms with E-state index in [1.165, 1.54) is 4.90 Å². The molecule has 0 amide bonds. The Morgan fingerprint density at radius 2 is 1.79 bits per heavy atom. The summed E-state index contributed by atoms with van der Waals surface area (Å²) in [6.45, 7) is 0. The molecular weight excluding hydrogens is 212 g/mol. The zero-order valence-electron chi connectivity index (χ0n) is 7.41. The first kappa shape index (κ1) is 9.63. The summed E-state index contributed by atoms with van der Waals surface area (Å²) in [5.41, 5.74) is 0. The van der Waals surface area contributed by atoms with Gasteiger partial charge in [0.15, 0.2) is 0 Å². The van der Waals surface area contributed by atoms with E-state index in [0.717, 1.165) is 4.90 Å². The fraction of sp³-hybridized carbons (Fsp3) is 0. The van der Waals surface area contributed by atoms with Crippen molar-refractivity contribution in [1.29, 1.82) is 0 Å². The molecule has 69 valence electrons. The van der Waals surface area contributed by atoms with E-state index < -0.39 is 0 Å². The molecule has 2 rings (SSSR count). The average Bonchev–Trinajstić information content (AvgIpc) is 2.19. The van der Waals surface area contributed by atoms with Gasteiger partial charge in [0.05, 0.1) is 0 Å². The van der Waals surface area contributed by atoms with Crippen molar-refractivity contribution in [3.05, 3.63) is 59.6 Å². The Morgan fingerprint density at radius 3 is 2.50 bits per heavy atom. The van der Waals surface area contributed by atoms with Gasteiger partial charge in [-0.3, -0.25) is 0 Å². The van der Waals surface area contributed by atoms with Gasteiger partial charge in [-0.05, 0) is 24.3 Å². The third kappa shape index (κ3) is 2.53. The Labute approximate surface area is 92.9 Å². The topological polar surface area (TPSA) is 0 Å². The van der Waals surface area contributed by atoms with Crippen LogP contribution in [0, 0.1) is 6.07 Å². The standard InChI is InChI=1S/C12H8ClS/c13-10-5-4-8-12(9-10)14-11-6-2-1-3-7-11/h1-4,6-9H. The second-order valence-electron chi connectivity index (χ2n) is 2.79. The first-order valence-corrected chi connectivity index (χ1v) is 5.44. The van der Waals surface area contributed by atoms with Crippen LogP contribution in [0.5, 0.6) is 0 Å². The van der Waals surface area contributed by atoms with Crippen LogP contribution in [0.3, 0.4) is 0 Å². The molecule has 0 aliphatic rings. The van der Waals surface area contributed by atoms with Crippen LogP contribution in [-0.4, -0.2) is 0 Å². The van der Waals surface area contributed by atoms with Gasteiger partial charge in [0, 0.05) is 20.9 Å². The van der Waals surface area contributed by atoms with E-state index in [2.05, 4.69) is 18.2 Å². The molecule has 0 atom stereocenters. The van der Waals surface area contributed by atoms with E-state index in [1.807, 2.05) is 36.4 Å². The van der Waals surface area contributed by atoms with Crippen molar-refractivity contribution in [1.82, 2.24) is 0 Å². The maximum Gasteiger partial charge on any atom is 0.0496 e. The molecule has 2 aromatic rings. The fourth-order valence-corrected chi connectivity index (χ4v) is 2.23. The predicted molar refractivity (Wildman–Crippen MR) is 60.9 cm³/mol. The molecule has 0 saturated carbocycles. The fourth-order valence-electron chi connectivity index (χ4n) is 1.11. The number of halogens is 1. The summed E-state index contributed by atoms with van der Waals surface area (Å²) >= 11 is 7.54. The molecule has 0 fully saturated rings. The van der Waals surface area contributed by atoms with Crippen LogP contribution in [0.15, 0.2) is 58.3 Å². The van der Waals surface area contributed by atoms with Crippen molar-refractivity contribution < 1.29 is 0 Å². The summed E-state index contributed by atoms with van der Waals surface area (Å²) in [5, 5.41) is 0.658. The Balaban J connectivity index is 2.19. The van der Waals surface area contributed by atoms with Crippen molar-refractivity contribution in [2.45, 2.75) is 9.79 Å². The number of rotatable bonds is 2. The van der Waals surface area contributed by atoms with Gasteiger partial charge in [-0.1, -0.05) is 47.6 Å². The maximum absolute atomic E-state index is 5.84. The molecule has 2 heteroatoms. The lowest BCUT2D eigenvalue weighted by atomic mass is 10.4. The van der Waals surface area contributed by atoms with Crippen molar-refractivity contribution in [2.75, 3.05) is 0 Å². The van der Waals surface area contributed by atoms with E-state index in [9.17, 15) is 0 Å². The second kappa shape index (κ2) is 4.54. The minimum absolute atomic E-state index is 0.658. The Hall–Kier alpha value is -0.920. The van der Waals surface area contributed by atoms with Gasteiger partial charge in [-0.25, -0.2) is 0 Å². The highest BCUT2D eigenvalue weighted by atomic mass is 35.5. The average molecular weight is 220 g/mol. The van der Waals surface area contributed by atoms with Crippen molar-refractivity contribution >= 4 is 23.4 Å². The quantitative estimate of drug-likeness (QED) is 0.726. The molecule has 2 aromatic carbocycles. The molecule has 0 unspecified atom stereocenters. The molecule has 0 nitrogen and oxygen atoms in total. The van der Waals surface area contributed by atoms with E-state index >= 15 is 0 Å². The SMILES string of the molecule is Clc1[c]ccc(Sc2ccccc2)c1. The minimum Gasteiger partial charge on any atom is -0.0901 e. The lowest BCUT2D eigenvalue weighted by molar-refractivity contribution is 1.40. The number of benzene rings is 2. The molecule has 0 saturated heterocycles. The van der Waals surface area contributed by atoms with Crippen molar-refractivity contribution in [3.8, 4) is 0 Å². The molecule has 0 aliphatic carbocycles. The van der Waals surface area contributed by atoms with Crippen LogP contribution in [-0.2, 0) is 0 Å². The first-order chi connectivity index (χ1) is 6.84. The monoisotopic (exact) mass is 219 g/mol. The molecule has 14 heavy (non-hydrogen) atoms. The van der Waals surface area contributed by atoms with E-state index in [4.69, 9.17) is 11.6 Å². The van der Waals surface area contributed by atoms with Gasteiger partial charge in [0.1, 0.15) is 0 Å². The summed E-state index contributed by atoms with van der Waals surface area (Å²) in [6.07, 6.45) is 0. The van der Waals surface area contributed by atoms with Gasteiger partial charge < -0.3 is 0 Å². The smallest absolute Gasteiger partial charge is 0.0496 e. The van der Waals surface area contributed by atoms with E-state index in [1.54, 1.807) is 11.8 Å². The lowest BCUT2D eigenvalue weighted by Crippen LogP contribution is -1.72. The van der Waals surface area contributed by atoms with Gasteiger partial charge in [0.2, 0.25) is 0 Å². The maximum atomic E-state index is 5.84. The van der Waals surface area contributed by atoms with Crippen LogP contribution in [0.25, 0.3) is 0 Å². The molecule has 0 N–H and O–H groups in total. The normalized spacial score (nSPS) is 10.1. The zero-order chi connectivity index (χ0) is 9.80. The van der Waals surface area contributed by atoms with Crippen LogP contribution < -0.4 is 0 Å². The summed E-state index contributed by atoms with van der Waals surface area (Å²) in [4.78, 5) is 2.36. The first-order valence-electron chi connectivity index (χ1n) is 4.25. The molecule has 0 heterocycles. The van der Waals surface area contributed by atoms with Crippen LogP contribution in [0.1, 0.15) is 0 Å². The van der Waals surface area contributed by atoms with Crippen LogP contribution >= 0.6 is 23.4 Å². The summed E-state index contributed by atoms with van der Waals surface area (Å²) in [5.74, 6) is 0. The van der Waals surface area contributed by atoms with Crippen molar-refractivity contribution in [3.63, 3.8) is 0 Å². The summed E-state index contributed by atoms with van der Waals surface area (Å²) in [7, 11) is 0. The summed E-state index contributed by atoms with van der Waals surface area (Å²) in [6, 6.07) is 18.9.